The molecule has 1 aliphatic rings. The summed E-state index contributed by atoms with van der Waals surface area (Å²) >= 11 is 1.25. The summed E-state index contributed by atoms with van der Waals surface area (Å²) in [7, 11) is 2.10. The third-order valence-electron chi connectivity index (χ3n) is 2.70. The second kappa shape index (κ2) is 5.42. The molecule has 0 radical (unpaired) electrons. The van der Waals surface area contributed by atoms with E-state index in [1.54, 1.807) is 6.20 Å². The van der Waals surface area contributed by atoms with Crippen molar-refractivity contribution in [2.75, 3.05) is 44.0 Å². The van der Waals surface area contributed by atoms with Gasteiger partial charge in [-0.3, -0.25) is 4.79 Å². The first-order chi connectivity index (χ1) is 8.16. The summed E-state index contributed by atoms with van der Waals surface area (Å²) in [6.07, 6.45) is 3.60. The number of hydrogen-bond acceptors (Lipinski definition) is 5. The highest BCUT2D eigenvalue weighted by Gasteiger charge is 2.17. The van der Waals surface area contributed by atoms with Crippen LogP contribution >= 0.6 is 11.8 Å². The molecule has 0 bridgehead atoms. The Kier molecular flexibility index (Phi) is 3.90. The molecule has 0 saturated carbocycles. The molecule has 17 heavy (non-hydrogen) atoms. The summed E-state index contributed by atoms with van der Waals surface area (Å²) in [6.45, 7) is 3.91. The average molecular weight is 256 g/mol. The number of hydrogen-bond donors (Lipinski definition) is 1. The molecule has 0 amide bonds. The molecule has 0 aromatic carbocycles. The molecule has 1 aromatic heterocycles. The van der Waals surface area contributed by atoms with E-state index >= 15 is 0 Å². The monoisotopic (exact) mass is 256 g/mol. The van der Waals surface area contributed by atoms with E-state index in [0.29, 0.717) is 0 Å². The van der Waals surface area contributed by atoms with Gasteiger partial charge in [-0.2, -0.15) is 0 Å². The highest BCUT2D eigenvalue weighted by atomic mass is 32.2. The average Bonchev–Trinajstić information content (AvgIpc) is 2.75. The lowest BCUT2D eigenvalue weighted by Gasteiger charge is -2.34. The second-order valence-corrected chi connectivity index (χ2v) is 4.94. The zero-order chi connectivity index (χ0) is 12.3. The molecule has 0 atom stereocenters. The van der Waals surface area contributed by atoms with Gasteiger partial charge in [-0.15, -0.1) is 0 Å². The smallest absolute Gasteiger partial charge is 0.313 e. The molecular weight excluding hydrogens is 240 g/mol. The van der Waals surface area contributed by atoms with E-state index in [-0.39, 0.29) is 5.75 Å². The maximum atomic E-state index is 10.5. The Morgan fingerprint density at radius 2 is 2.18 bits per heavy atom. The van der Waals surface area contributed by atoms with E-state index in [9.17, 15) is 4.79 Å². The third kappa shape index (κ3) is 3.13. The van der Waals surface area contributed by atoms with Crippen LogP contribution in [0.3, 0.4) is 0 Å². The summed E-state index contributed by atoms with van der Waals surface area (Å²) in [4.78, 5) is 17.0. The van der Waals surface area contributed by atoms with Gasteiger partial charge in [0.2, 0.25) is 0 Å². The number of carboxylic acids is 1. The SMILES string of the molecule is CN1CCN(n2ccnc2SCC(=O)O)CC1. The lowest BCUT2D eigenvalue weighted by atomic mass is 10.4. The number of thioether (sulfide) groups is 1. The van der Waals surface area contributed by atoms with Crippen LogP contribution in [0.5, 0.6) is 0 Å². The maximum Gasteiger partial charge on any atom is 0.313 e. The quantitative estimate of drug-likeness (QED) is 0.762. The minimum Gasteiger partial charge on any atom is -0.481 e. The fraction of sp³-hybridized carbons (Fsp3) is 0.600. The Bertz CT molecular complexity index is 387. The zero-order valence-electron chi connectivity index (χ0n) is 9.74. The Morgan fingerprint density at radius 3 is 2.82 bits per heavy atom. The van der Waals surface area contributed by atoms with Crippen LogP contribution in [0.15, 0.2) is 17.6 Å². The predicted molar refractivity (Wildman–Crippen MR) is 66.0 cm³/mol. The van der Waals surface area contributed by atoms with E-state index in [0.717, 1.165) is 31.3 Å². The molecule has 1 aromatic rings. The summed E-state index contributed by atoms with van der Waals surface area (Å²) < 4.78 is 1.96. The molecule has 1 N–H and O–H groups in total. The van der Waals surface area contributed by atoms with Crippen molar-refractivity contribution in [2.24, 2.45) is 0 Å². The molecule has 2 heterocycles. The van der Waals surface area contributed by atoms with Gasteiger partial charge in [-0.25, -0.2) is 9.66 Å². The molecule has 94 valence electrons. The van der Waals surface area contributed by atoms with Gasteiger partial charge in [0.05, 0.1) is 5.75 Å². The summed E-state index contributed by atoms with van der Waals surface area (Å²) in [5.74, 6) is -0.770. The number of aromatic nitrogens is 2. The number of piperazine rings is 1. The fourth-order valence-electron chi connectivity index (χ4n) is 1.74. The van der Waals surface area contributed by atoms with Crippen LogP contribution in [0.1, 0.15) is 0 Å². The minimum atomic E-state index is -0.817. The van der Waals surface area contributed by atoms with Crippen LogP contribution < -0.4 is 5.01 Å². The number of carbonyl (C=O) groups is 1. The molecule has 6 nitrogen and oxygen atoms in total. The first kappa shape index (κ1) is 12.3. The molecule has 0 unspecified atom stereocenters. The Hall–Kier alpha value is -1.21. The van der Waals surface area contributed by atoms with Crippen molar-refractivity contribution in [2.45, 2.75) is 5.16 Å². The van der Waals surface area contributed by atoms with Crippen molar-refractivity contribution in [1.29, 1.82) is 0 Å². The van der Waals surface area contributed by atoms with Gasteiger partial charge in [-0.05, 0) is 7.05 Å². The number of rotatable bonds is 4. The van der Waals surface area contributed by atoms with E-state index in [1.165, 1.54) is 11.8 Å². The van der Waals surface area contributed by atoms with Crippen LogP contribution in [-0.4, -0.2) is 64.6 Å². The third-order valence-corrected chi connectivity index (χ3v) is 3.64. The molecule has 0 spiro atoms. The number of aliphatic carboxylic acids is 1. The Morgan fingerprint density at radius 1 is 1.47 bits per heavy atom. The normalized spacial score (nSPS) is 17.4. The predicted octanol–water partition coefficient (Wildman–Crippen LogP) is -0.0568. The zero-order valence-corrected chi connectivity index (χ0v) is 10.6. The highest BCUT2D eigenvalue weighted by Crippen LogP contribution is 2.16. The molecule has 1 aliphatic heterocycles. The lowest BCUT2D eigenvalue weighted by molar-refractivity contribution is -0.133. The summed E-state index contributed by atoms with van der Waals surface area (Å²) in [6, 6.07) is 0. The topological polar surface area (TPSA) is 61.6 Å². The van der Waals surface area contributed by atoms with Crippen molar-refractivity contribution in [3.8, 4) is 0 Å². The van der Waals surface area contributed by atoms with Gasteiger partial charge in [0.15, 0.2) is 5.16 Å². The van der Waals surface area contributed by atoms with Crippen LogP contribution in [0, 0.1) is 0 Å². The van der Waals surface area contributed by atoms with E-state index in [1.807, 2.05) is 10.9 Å². The lowest BCUT2D eigenvalue weighted by Crippen LogP contribution is -2.49. The first-order valence-electron chi connectivity index (χ1n) is 5.48. The number of nitrogens with zero attached hydrogens (tertiary/aromatic N) is 4. The summed E-state index contributed by atoms with van der Waals surface area (Å²) in [5, 5.41) is 11.6. The number of likely N-dealkylation sites (N-methyl/N-ethyl adjacent to an activating group) is 1. The Labute approximate surface area is 104 Å². The second-order valence-electron chi connectivity index (χ2n) is 3.99. The van der Waals surface area contributed by atoms with E-state index < -0.39 is 5.97 Å². The number of carboxylic acid groups (broad SMARTS) is 1. The van der Waals surface area contributed by atoms with E-state index in [4.69, 9.17) is 5.11 Å². The van der Waals surface area contributed by atoms with Crippen LogP contribution in [-0.2, 0) is 4.79 Å². The van der Waals surface area contributed by atoms with Crippen LogP contribution in [0.2, 0.25) is 0 Å². The van der Waals surface area contributed by atoms with Gasteiger partial charge < -0.3 is 15.0 Å². The first-order valence-corrected chi connectivity index (χ1v) is 6.47. The van der Waals surface area contributed by atoms with Crippen molar-refractivity contribution < 1.29 is 9.90 Å². The van der Waals surface area contributed by atoms with Crippen LogP contribution in [0.25, 0.3) is 0 Å². The fourth-order valence-corrected chi connectivity index (χ4v) is 2.44. The Balaban J connectivity index is 2.00. The van der Waals surface area contributed by atoms with Gasteiger partial charge in [0.1, 0.15) is 0 Å². The van der Waals surface area contributed by atoms with Gasteiger partial charge >= 0.3 is 5.97 Å². The van der Waals surface area contributed by atoms with Gasteiger partial charge in [-0.1, -0.05) is 11.8 Å². The molecule has 2 rings (SSSR count). The van der Waals surface area contributed by atoms with Gasteiger partial charge in [0.25, 0.3) is 0 Å². The standard InChI is InChI=1S/C10H16N4O2S/c1-12-4-6-13(7-5-12)14-3-2-11-10(14)17-8-9(15)16/h2-3H,4-8H2,1H3,(H,15,16). The van der Waals surface area contributed by atoms with Crippen molar-refractivity contribution in [3.05, 3.63) is 12.4 Å². The van der Waals surface area contributed by atoms with Crippen molar-refractivity contribution in [3.63, 3.8) is 0 Å². The molecule has 7 heteroatoms. The number of imidazole rings is 1. The van der Waals surface area contributed by atoms with Crippen LogP contribution in [0.4, 0.5) is 0 Å². The highest BCUT2D eigenvalue weighted by molar-refractivity contribution is 7.99. The molecule has 1 saturated heterocycles. The molecule has 0 aliphatic carbocycles. The van der Waals surface area contributed by atoms with E-state index in [2.05, 4.69) is 21.9 Å². The molecular formula is C10H16N4O2S. The largest absolute Gasteiger partial charge is 0.481 e. The summed E-state index contributed by atoms with van der Waals surface area (Å²) in [5.41, 5.74) is 0. The van der Waals surface area contributed by atoms with Crippen molar-refractivity contribution in [1.82, 2.24) is 14.6 Å². The van der Waals surface area contributed by atoms with Gasteiger partial charge in [0, 0.05) is 38.6 Å². The van der Waals surface area contributed by atoms with Crippen molar-refractivity contribution >= 4 is 17.7 Å². The molecule has 1 fully saturated rings. The minimum absolute atomic E-state index is 0.0464. The maximum absolute atomic E-state index is 10.5.